The molecule has 0 amide bonds. The van der Waals surface area contributed by atoms with E-state index in [4.69, 9.17) is 21.4 Å². The lowest BCUT2D eigenvalue weighted by Gasteiger charge is -2.08. The van der Waals surface area contributed by atoms with Crippen LogP contribution in [0.4, 0.5) is 4.39 Å². The Hall–Kier alpha value is -2.07. The second-order valence-electron chi connectivity index (χ2n) is 4.18. The van der Waals surface area contributed by atoms with Crippen molar-refractivity contribution in [3.63, 3.8) is 0 Å². The SMILES string of the molecule is O=C(O)c1ccc(F)c(OCCc2ccc(Cl)cc2)c1. The van der Waals surface area contributed by atoms with Gasteiger partial charge in [0.15, 0.2) is 11.6 Å². The van der Waals surface area contributed by atoms with Crippen molar-refractivity contribution in [3.8, 4) is 5.75 Å². The molecule has 0 saturated carbocycles. The van der Waals surface area contributed by atoms with E-state index in [-0.39, 0.29) is 17.9 Å². The molecule has 5 heteroatoms. The number of hydrogen-bond acceptors (Lipinski definition) is 2. The Labute approximate surface area is 120 Å². The molecule has 1 N–H and O–H groups in total. The van der Waals surface area contributed by atoms with E-state index in [1.54, 1.807) is 12.1 Å². The van der Waals surface area contributed by atoms with Crippen molar-refractivity contribution in [2.75, 3.05) is 6.61 Å². The molecule has 104 valence electrons. The van der Waals surface area contributed by atoms with Gasteiger partial charge >= 0.3 is 5.97 Å². The van der Waals surface area contributed by atoms with Gasteiger partial charge in [0.05, 0.1) is 12.2 Å². The summed E-state index contributed by atoms with van der Waals surface area (Å²) < 4.78 is 18.8. The predicted octanol–water partition coefficient (Wildman–Crippen LogP) is 3.80. The van der Waals surface area contributed by atoms with Gasteiger partial charge in [-0.1, -0.05) is 23.7 Å². The number of benzene rings is 2. The van der Waals surface area contributed by atoms with Gasteiger partial charge in [0.2, 0.25) is 0 Å². The maximum atomic E-state index is 13.5. The van der Waals surface area contributed by atoms with E-state index in [1.807, 2.05) is 12.1 Å². The van der Waals surface area contributed by atoms with Crippen molar-refractivity contribution >= 4 is 17.6 Å². The number of aromatic carboxylic acids is 1. The molecule has 3 nitrogen and oxygen atoms in total. The average Bonchev–Trinajstić information content (AvgIpc) is 2.43. The molecule has 2 aromatic rings. The molecule has 2 aromatic carbocycles. The van der Waals surface area contributed by atoms with Crippen LogP contribution in [0.25, 0.3) is 0 Å². The molecule has 0 unspecified atom stereocenters. The van der Waals surface area contributed by atoms with Crippen LogP contribution in [0.1, 0.15) is 15.9 Å². The zero-order valence-corrected chi connectivity index (χ0v) is 11.2. The minimum Gasteiger partial charge on any atom is -0.490 e. The van der Waals surface area contributed by atoms with Crippen LogP contribution >= 0.6 is 11.6 Å². The van der Waals surface area contributed by atoms with Crippen molar-refractivity contribution in [1.29, 1.82) is 0 Å². The summed E-state index contributed by atoms with van der Waals surface area (Å²) in [7, 11) is 0. The van der Waals surface area contributed by atoms with Crippen molar-refractivity contribution in [2.45, 2.75) is 6.42 Å². The summed E-state index contributed by atoms with van der Waals surface area (Å²) in [6, 6.07) is 10.7. The summed E-state index contributed by atoms with van der Waals surface area (Å²) in [5, 5.41) is 9.49. The molecule has 0 aliphatic carbocycles. The Bertz CT molecular complexity index is 611. The smallest absolute Gasteiger partial charge is 0.335 e. The van der Waals surface area contributed by atoms with Crippen LogP contribution < -0.4 is 4.74 Å². The minimum atomic E-state index is -1.12. The van der Waals surface area contributed by atoms with E-state index in [9.17, 15) is 9.18 Å². The summed E-state index contributed by atoms with van der Waals surface area (Å²) in [5.74, 6) is -1.75. The third-order valence-electron chi connectivity index (χ3n) is 2.74. The molecule has 0 atom stereocenters. The number of hydrogen-bond donors (Lipinski definition) is 1. The number of carboxylic acid groups (broad SMARTS) is 1. The first-order valence-electron chi connectivity index (χ1n) is 5.96. The van der Waals surface area contributed by atoms with Crippen molar-refractivity contribution in [1.82, 2.24) is 0 Å². The van der Waals surface area contributed by atoms with Gasteiger partial charge in [0.25, 0.3) is 0 Å². The first kappa shape index (κ1) is 14.3. The summed E-state index contributed by atoms with van der Waals surface area (Å²) in [4.78, 5) is 10.8. The molecule has 0 fully saturated rings. The van der Waals surface area contributed by atoms with Crippen LogP contribution in [0.2, 0.25) is 5.02 Å². The van der Waals surface area contributed by atoms with Gasteiger partial charge in [-0.3, -0.25) is 0 Å². The number of rotatable bonds is 5. The summed E-state index contributed by atoms with van der Waals surface area (Å²) in [6.45, 7) is 0.252. The molecule has 2 rings (SSSR count). The normalized spacial score (nSPS) is 10.3. The van der Waals surface area contributed by atoms with Gasteiger partial charge in [0.1, 0.15) is 0 Å². The van der Waals surface area contributed by atoms with Gasteiger partial charge < -0.3 is 9.84 Å². The van der Waals surface area contributed by atoms with E-state index >= 15 is 0 Å². The number of ether oxygens (including phenoxy) is 1. The second kappa shape index (κ2) is 6.39. The van der Waals surface area contributed by atoms with Crippen LogP contribution in [0, 0.1) is 5.82 Å². The van der Waals surface area contributed by atoms with E-state index in [1.165, 1.54) is 12.1 Å². The Morgan fingerprint density at radius 2 is 1.90 bits per heavy atom. The molecule has 0 aromatic heterocycles. The quantitative estimate of drug-likeness (QED) is 0.912. The number of carboxylic acids is 1. The zero-order chi connectivity index (χ0) is 14.5. The fourth-order valence-corrected chi connectivity index (χ4v) is 1.80. The van der Waals surface area contributed by atoms with E-state index in [2.05, 4.69) is 0 Å². The first-order chi connectivity index (χ1) is 9.56. The highest BCUT2D eigenvalue weighted by Gasteiger charge is 2.09. The number of halogens is 2. The fourth-order valence-electron chi connectivity index (χ4n) is 1.68. The first-order valence-corrected chi connectivity index (χ1v) is 6.34. The van der Waals surface area contributed by atoms with Crippen molar-refractivity contribution in [3.05, 3.63) is 64.4 Å². The van der Waals surface area contributed by atoms with E-state index in [0.717, 1.165) is 11.6 Å². The van der Waals surface area contributed by atoms with Crippen molar-refractivity contribution in [2.24, 2.45) is 0 Å². The van der Waals surface area contributed by atoms with Gasteiger partial charge in [-0.05, 0) is 35.9 Å². The monoisotopic (exact) mass is 294 g/mol. The standard InChI is InChI=1S/C15H12ClFO3/c16-12-4-1-10(2-5-12)7-8-20-14-9-11(15(18)19)3-6-13(14)17/h1-6,9H,7-8H2,(H,18,19). The summed E-state index contributed by atoms with van der Waals surface area (Å²) in [5.41, 5.74) is 0.997. The Kier molecular flexibility index (Phi) is 4.58. The van der Waals surface area contributed by atoms with Gasteiger partial charge in [-0.15, -0.1) is 0 Å². The molecule has 20 heavy (non-hydrogen) atoms. The molecule has 0 bridgehead atoms. The van der Waals surface area contributed by atoms with E-state index in [0.29, 0.717) is 11.4 Å². The fraction of sp³-hybridized carbons (Fsp3) is 0.133. The van der Waals surface area contributed by atoms with Crippen LogP contribution in [0.3, 0.4) is 0 Å². The molecular formula is C15H12ClFO3. The van der Waals surface area contributed by atoms with Crippen LogP contribution in [-0.2, 0) is 6.42 Å². The second-order valence-corrected chi connectivity index (χ2v) is 4.61. The van der Waals surface area contributed by atoms with Crippen molar-refractivity contribution < 1.29 is 19.0 Å². The minimum absolute atomic E-state index is 0.00658. The lowest BCUT2D eigenvalue weighted by Crippen LogP contribution is -2.04. The van der Waals surface area contributed by atoms with Gasteiger partial charge in [-0.2, -0.15) is 0 Å². The summed E-state index contributed by atoms with van der Waals surface area (Å²) >= 11 is 5.77. The topological polar surface area (TPSA) is 46.5 Å². The highest BCUT2D eigenvalue weighted by molar-refractivity contribution is 6.30. The third-order valence-corrected chi connectivity index (χ3v) is 2.99. The van der Waals surface area contributed by atoms with Gasteiger partial charge in [-0.25, -0.2) is 9.18 Å². The molecule has 0 radical (unpaired) electrons. The molecule has 0 aliphatic heterocycles. The Morgan fingerprint density at radius 1 is 1.20 bits per heavy atom. The highest BCUT2D eigenvalue weighted by atomic mass is 35.5. The lowest BCUT2D eigenvalue weighted by atomic mass is 10.2. The lowest BCUT2D eigenvalue weighted by molar-refractivity contribution is 0.0696. The third kappa shape index (κ3) is 3.71. The zero-order valence-electron chi connectivity index (χ0n) is 10.5. The maximum absolute atomic E-state index is 13.5. The largest absolute Gasteiger partial charge is 0.490 e. The van der Waals surface area contributed by atoms with Gasteiger partial charge in [0, 0.05) is 11.4 Å². The average molecular weight is 295 g/mol. The molecule has 0 saturated heterocycles. The maximum Gasteiger partial charge on any atom is 0.335 e. The van der Waals surface area contributed by atoms with Crippen LogP contribution in [0.15, 0.2) is 42.5 Å². The predicted molar refractivity (Wildman–Crippen MR) is 74.0 cm³/mol. The van der Waals surface area contributed by atoms with E-state index < -0.39 is 11.8 Å². The summed E-state index contributed by atoms with van der Waals surface area (Å²) in [6.07, 6.45) is 0.577. The molecule has 0 spiro atoms. The number of carbonyl (C=O) groups is 1. The Morgan fingerprint density at radius 3 is 2.55 bits per heavy atom. The van der Waals surface area contributed by atoms with Crippen LogP contribution in [0.5, 0.6) is 5.75 Å². The molecule has 0 aliphatic rings. The molecular weight excluding hydrogens is 283 g/mol. The Balaban J connectivity index is 1.98. The molecule has 0 heterocycles. The van der Waals surface area contributed by atoms with Crippen LogP contribution in [-0.4, -0.2) is 17.7 Å². The highest BCUT2D eigenvalue weighted by Crippen LogP contribution is 2.19.